The molecule has 0 aliphatic heterocycles. The number of hydrogen-bond donors (Lipinski definition) is 1. The van der Waals surface area contributed by atoms with Crippen molar-refractivity contribution in [3.05, 3.63) is 53.1 Å². The smallest absolute Gasteiger partial charge is 0.250 e. The van der Waals surface area contributed by atoms with Gasteiger partial charge in [0.15, 0.2) is 0 Å². The average Bonchev–Trinajstić information content (AvgIpc) is 2.71. The van der Waals surface area contributed by atoms with Crippen LogP contribution in [0.2, 0.25) is 5.02 Å². The summed E-state index contributed by atoms with van der Waals surface area (Å²) >= 11 is 6.08. The molecular weight excluding hydrogens is 450 g/mol. The van der Waals surface area contributed by atoms with Crippen molar-refractivity contribution < 1.29 is 17.9 Å². The van der Waals surface area contributed by atoms with Crippen molar-refractivity contribution in [2.45, 2.75) is 38.3 Å². The number of carbonyl (C=O) groups is 1. The number of sulfonamides is 1. The van der Waals surface area contributed by atoms with E-state index in [1.807, 2.05) is 45.8 Å². The molecule has 0 bridgehead atoms. The van der Waals surface area contributed by atoms with Crippen LogP contribution in [0.4, 0.5) is 11.4 Å². The fraction of sp³-hybridized carbons (Fsp3) is 0.435. The van der Waals surface area contributed by atoms with Gasteiger partial charge in [0.1, 0.15) is 6.61 Å². The number of nitrogens with one attached hydrogen (secondary N) is 1. The number of rotatable bonds is 10. The maximum Gasteiger partial charge on any atom is 0.250 e. The van der Waals surface area contributed by atoms with Crippen molar-refractivity contribution in [3.8, 4) is 0 Å². The second-order valence-electron chi connectivity index (χ2n) is 8.21. The van der Waals surface area contributed by atoms with Gasteiger partial charge in [-0.3, -0.25) is 4.79 Å². The van der Waals surface area contributed by atoms with E-state index in [2.05, 4.69) is 5.32 Å². The quantitative estimate of drug-likeness (QED) is 0.549. The van der Waals surface area contributed by atoms with E-state index in [0.717, 1.165) is 11.3 Å². The van der Waals surface area contributed by atoms with Crippen LogP contribution in [0.15, 0.2) is 47.4 Å². The zero-order valence-electron chi connectivity index (χ0n) is 19.4. The lowest BCUT2D eigenvalue weighted by molar-refractivity contribution is -0.119. The number of amides is 1. The molecule has 0 fully saturated rings. The van der Waals surface area contributed by atoms with Gasteiger partial charge in [0.05, 0.1) is 4.90 Å². The maximum absolute atomic E-state index is 13.6. The minimum atomic E-state index is -3.83. The van der Waals surface area contributed by atoms with Gasteiger partial charge in [0.25, 0.3) is 0 Å². The Morgan fingerprint density at radius 1 is 1.12 bits per heavy atom. The van der Waals surface area contributed by atoms with Crippen LogP contribution in [0.3, 0.4) is 0 Å². The van der Waals surface area contributed by atoms with Gasteiger partial charge < -0.3 is 15.0 Å². The molecular formula is C23H32ClN3O4S. The summed E-state index contributed by atoms with van der Waals surface area (Å²) in [6, 6.07) is 11.5. The van der Waals surface area contributed by atoms with Gasteiger partial charge in [-0.15, -0.1) is 0 Å². The molecule has 32 heavy (non-hydrogen) atoms. The van der Waals surface area contributed by atoms with Gasteiger partial charge in [-0.05, 0) is 54.8 Å². The molecule has 1 atom stereocenters. The van der Waals surface area contributed by atoms with Crippen LogP contribution in [-0.2, 0) is 26.1 Å². The molecule has 176 valence electrons. The Kier molecular flexibility index (Phi) is 9.09. The van der Waals surface area contributed by atoms with Gasteiger partial charge in [-0.1, -0.05) is 31.5 Å². The Morgan fingerprint density at radius 2 is 1.81 bits per heavy atom. The molecule has 0 spiro atoms. The molecule has 1 amide bonds. The Balaban J connectivity index is 2.53. The standard InChI is InChI=1S/C23H32ClN3O4S/c1-16(2)17(3)27(32(29,30)21-9-7-8-19(24)13-21)14-18-12-20(25-23(28)15-31-6)10-11-22(18)26(4)5/h7-13,16-17H,14-15H2,1-6H3,(H,25,28). The summed E-state index contributed by atoms with van der Waals surface area (Å²) in [5, 5.41) is 3.15. The van der Waals surface area contributed by atoms with E-state index < -0.39 is 10.0 Å². The van der Waals surface area contributed by atoms with E-state index in [1.54, 1.807) is 30.3 Å². The minimum absolute atomic E-state index is 0.0651. The van der Waals surface area contributed by atoms with Crippen molar-refractivity contribution in [2.24, 2.45) is 5.92 Å². The molecule has 1 N–H and O–H groups in total. The summed E-state index contributed by atoms with van der Waals surface area (Å²) < 4.78 is 33.6. The highest BCUT2D eigenvalue weighted by Crippen LogP contribution is 2.30. The third-order valence-corrected chi connectivity index (χ3v) is 7.43. The van der Waals surface area contributed by atoms with E-state index in [1.165, 1.54) is 17.5 Å². The molecule has 0 aromatic heterocycles. The van der Waals surface area contributed by atoms with Gasteiger partial charge in [0.2, 0.25) is 15.9 Å². The largest absolute Gasteiger partial charge is 0.377 e. The van der Waals surface area contributed by atoms with Crippen molar-refractivity contribution in [2.75, 3.05) is 38.0 Å². The molecule has 0 saturated carbocycles. The topological polar surface area (TPSA) is 79.0 Å². The SMILES string of the molecule is COCC(=O)Nc1ccc(N(C)C)c(CN(C(C)C(C)C)S(=O)(=O)c2cccc(Cl)c2)c1. The number of ether oxygens (including phenoxy) is 1. The number of benzene rings is 2. The Bertz CT molecular complexity index is 1040. The summed E-state index contributed by atoms with van der Waals surface area (Å²) in [4.78, 5) is 14.0. The van der Waals surface area contributed by atoms with Crippen molar-refractivity contribution in [3.63, 3.8) is 0 Å². The molecule has 9 heteroatoms. The fourth-order valence-corrected chi connectivity index (χ4v) is 5.31. The first kappa shape index (κ1) is 26.1. The van der Waals surface area contributed by atoms with E-state index in [-0.39, 0.29) is 35.9 Å². The lowest BCUT2D eigenvalue weighted by atomic mass is 10.1. The molecule has 2 aromatic carbocycles. The molecule has 7 nitrogen and oxygen atoms in total. The van der Waals surface area contributed by atoms with Gasteiger partial charge in [0, 0.05) is 50.2 Å². The van der Waals surface area contributed by atoms with Crippen LogP contribution in [0, 0.1) is 5.92 Å². The van der Waals surface area contributed by atoms with Crippen LogP contribution in [-0.4, -0.2) is 52.5 Å². The van der Waals surface area contributed by atoms with E-state index in [0.29, 0.717) is 10.7 Å². The predicted molar refractivity (Wildman–Crippen MR) is 130 cm³/mol. The number of methoxy groups -OCH3 is 1. The van der Waals surface area contributed by atoms with Crippen molar-refractivity contribution in [1.82, 2.24) is 4.31 Å². The van der Waals surface area contributed by atoms with Crippen LogP contribution in [0.5, 0.6) is 0 Å². The number of halogens is 1. The monoisotopic (exact) mass is 481 g/mol. The molecule has 2 aromatic rings. The normalized spacial score (nSPS) is 12.8. The number of carbonyl (C=O) groups excluding carboxylic acids is 1. The lowest BCUT2D eigenvalue weighted by Crippen LogP contribution is -2.41. The first-order valence-electron chi connectivity index (χ1n) is 10.3. The zero-order chi connectivity index (χ0) is 24.1. The van der Waals surface area contributed by atoms with Crippen LogP contribution >= 0.6 is 11.6 Å². The second kappa shape index (κ2) is 11.1. The third kappa shape index (κ3) is 6.45. The lowest BCUT2D eigenvalue weighted by Gasteiger charge is -2.32. The van der Waals surface area contributed by atoms with Gasteiger partial charge in [-0.2, -0.15) is 4.31 Å². The van der Waals surface area contributed by atoms with Crippen LogP contribution < -0.4 is 10.2 Å². The molecule has 2 rings (SSSR count). The van der Waals surface area contributed by atoms with E-state index in [9.17, 15) is 13.2 Å². The predicted octanol–water partition coefficient (Wildman–Crippen LogP) is 4.23. The second-order valence-corrected chi connectivity index (χ2v) is 10.5. The third-order valence-electron chi connectivity index (χ3n) is 5.27. The molecule has 1 unspecified atom stereocenters. The summed E-state index contributed by atoms with van der Waals surface area (Å²) in [6.45, 7) is 5.94. The highest BCUT2D eigenvalue weighted by Gasteiger charge is 2.32. The van der Waals surface area contributed by atoms with E-state index >= 15 is 0 Å². The molecule has 0 aliphatic carbocycles. The van der Waals surface area contributed by atoms with Crippen molar-refractivity contribution in [1.29, 1.82) is 0 Å². The Morgan fingerprint density at radius 3 is 2.38 bits per heavy atom. The minimum Gasteiger partial charge on any atom is -0.377 e. The number of nitrogens with zero attached hydrogens (tertiary/aromatic N) is 2. The van der Waals surface area contributed by atoms with Gasteiger partial charge >= 0.3 is 0 Å². The number of anilines is 2. The maximum atomic E-state index is 13.6. The van der Waals surface area contributed by atoms with Crippen molar-refractivity contribution >= 4 is 38.9 Å². The zero-order valence-corrected chi connectivity index (χ0v) is 21.0. The first-order valence-corrected chi connectivity index (χ1v) is 12.2. The summed E-state index contributed by atoms with van der Waals surface area (Å²) in [7, 11) is 1.41. The molecule has 0 aliphatic rings. The highest BCUT2D eigenvalue weighted by atomic mass is 35.5. The van der Waals surface area contributed by atoms with Gasteiger partial charge in [-0.25, -0.2) is 8.42 Å². The molecule has 0 radical (unpaired) electrons. The summed E-state index contributed by atoms with van der Waals surface area (Å²) in [6.07, 6.45) is 0. The molecule has 0 heterocycles. The Hall–Kier alpha value is -2.13. The van der Waals surface area contributed by atoms with Crippen LogP contribution in [0.25, 0.3) is 0 Å². The van der Waals surface area contributed by atoms with E-state index in [4.69, 9.17) is 16.3 Å². The van der Waals surface area contributed by atoms with Crippen LogP contribution in [0.1, 0.15) is 26.3 Å². The first-order chi connectivity index (χ1) is 15.0. The molecule has 0 saturated heterocycles. The Labute approximate surface area is 196 Å². The fourth-order valence-electron chi connectivity index (χ4n) is 3.27. The summed E-state index contributed by atoms with van der Waals surface area (Å²) in [5.41, 5.74) is 2.20. The average molecular weight is 482 g/mol. The number of hydrogen-bond acceptors (Lipinski definition) is 5. The summed E-state index contributed by atoms with van der Waals surface area (Å²) in [5.74, 6) is -0.202. The highest BCUT2D eigenvalue weighted by molar-refractivity contribution is 7.89.